The average Bonchev–Trinajstić information content (AvgIpc) is 3.56. The summed E-state index contributed by atoms with van der Waals surface area (Å²) in [5.41, 5.74) is 0.702. The van der Waals surface area contributed by atoms with Crippen LogP contribution >= 0.6 is 0 Å². The van der Waals surface area contributed by atoms with Crippen LogP contribution in [0.3, 0.4) is 0 Å². The largest absolute Gasteiger partial charge is 0.461 e. The molecule has 42 heavy (non-hydrogen) atoms. The third-order valence-electron chi connectivity index (χ3n) is 7.19. The Morgan fingerprint density at radius 3 is 1.90 bits per heavy atom. The first kappa shape index (κ1) is 28.5. The fraction of sp³-hybridized carbons (Fsp3) is 0.242. The predicted molar refractivity (Wildman–Crippen MR) is 156 cm³/mol. The Bertz CT molecular complexity index is 1560. The number of Topliss-reactive ketones (excluding diaryl/α,β-unsaturated/α-hetero) is 1. The lowest BCUT2D eigenvalue weighted by molar-refractivity contribution is -0.0432. The Labute approximate surface area is 244 Å². The molecule has 1 aliphatic rings. The van der Waals surface area contributed by atoms with Gasteiger partial charge in [-0.05, 0) is 51.5 Å². The zero-order valence-electron chi connectivity index (χ0n) is 24.0. The summed E-state index contributed by atoms with van der Waals surface area (Å²) in [6.45, 7) is 6.68. The lowest BCUT2D eigenvalue weighted by atomic mass is 9.92. The number of carbonyl (C=O) groups is 3. The molecule has 0 radical (unpaired) electrons. The number of furan rings is 1. The Hall–Kier alpha value is -5.05. The fourth-order valence-electron chi connectivity index (χ4n) is 5.56. The third kappa shape index (κ3) is 4.66. The minimum Gasteiger partial charge on any atom is -0.461 e. The first-order chi connectivity index (χ1) is 20.4. The van der Waals surface area contributed by atoms with E-state index in [4.69, 9.17) is 13.9 Å². The van der Waals surface area contributed by atoms with E-state index in [1.54, 1.807) is 26.8 Å². The highest BCUT2D eigenvalue weighted by Crippen LogP contribution is 2.55. The van der Waals surface area contributed by atoms with Crippen LogP contribution in [0, 0.1) is 6.92 Å². The quantitative estimate of drug-likeness (QED) is 0.221. The number of nitrogens with zero attached hydrogens (tertiary/aromatic N) is 3. The molecule has 0 saturated carbocycles. The van der Waals surface area contributed by atoms with E-state index < -0.39 is 24.0 Å². The maximum Gasteiger partial charge on any atom is 0.432 e. The van der Waals surface area contributed by atoms with Crippen LogP contribution in [-0.2, 0) is 15.1 Å². The monoisotopic (exact) mass is 567 g/mol. The molecule has 3 aromatic carbocycles. The number of hydrazine groups is 1. The SMILES string of the molecule is CCOC(=O)N1[C@@H](c2ccccc2)N(c2ccccc2)[C@@](c2ccccc2)(c2cc(C(C)=O)c(C)o2)N1C(=O)OCC. The molecular formula is C33H33N3O6. The van der Waals surface area contributed by atoms with Gasteiger partial charge in [-0.15, -0.1) is 0 Å². The molecule has 0 bridgehead atoms. The number of aryl methyl sites for hydroxylation is 1. The second-order valence-electron chi connectivity index (χ2n) is 9.72. The van der Waals surface area contributed by atoms with Crippen molar-refractivity contribution in [1.29, 1.82) is 0 Å². The molecule has 2 atom stereocenters. The van der Waals surface area contributed by atoms with Crippen LogP contribution in [0.4, 0.5) is 15.3 Å². The Morgan fingerprint density at radius 2 is 1.36 bits per heavy atom. The number of hydrogen-bond donors (Lipinski definition) is 0. The van der Waals surface area contributed by atoms with Gasteiger partial charge in [-0.1, -0.05) is 78.9 Å². The van der Waals surface area contributed by atoms with Gasteiger partial charge in [0.25, 0.3) is 0 Å². The van der Waals surface area contributed by atoms with Crippen molar-refractivity contribution < 1.29 is 28.3 Å². The van der Waals surface area contributed by atoms with Crippen molar-refractivity contribution in [3.8, 4) is 0 Å². The van der Waals surface area contributed by atoms with Crippen molar-refractivity contribution in [2.75, 3.05) is 18.1 Å². The van der Waals surface area contributed by atoms with Gasteiger partial charge in [0.2, 0.25) is 5.66 Å². The molecule has 0 N–H and O–H groups in total. The highest BCUT2D eigenvalue weighted by Gasteiger charge is 2.65. The summed E-state index contributed by atoms with van der Waals surface area (Å²) >= 11 is 0. The summed E-state index contributed by atoms with van der Waals surface area (Å²) < 4.78 is 17.6. The van der Waals surface area contributed by atoms with E-state index in [0.29, 0.717) is 28.1 Å². The molecule has 9 heteroatoms. The Balaban J connectivity index is 1.98. The number of carbonyl (C=O) groups excluding carboxylic acids is 3. The molecule has 0 spiro atoms. The number of ether oxygens (including phenoxy) is 2. The zero-order valence-corrected chi connectivity index (χ0v) is 24.0. The number of hydrogen-bond acceptors (Lipinski definition) is 7. The van der Waals surface area contributed by atoms with E-state index in [1.165, 1.54) is 16.9 Å². The van der Waals surface area contributed by atoms with Crippen LogP contribution in [-0.4, -0.2) is 41.2 Å². The molecule has 1 saturated heterocycles. The van der Waals surface area contributed by atoms with Crippen molar-refractivity contribution in [2.24, 2.45) is 0 Å². The van der Waals surface area contributed by atoms with Crippen LogP contribution < -0.4 is 4.90 Å². The normalized spacial score (nSPS) is 18.2. The highest BCUT2D eigenvalue weighted by atomic mass is 16.6. The van der Waals surface area contributed by atoms with Crippen molar-refractivity contribution in [2.45, 2.75) is 39.5 Å². The average molecular weight is 568 g/mol. The smallest absolute Gasteiger partial charge is 0.432 e. The van der Waals surface area contributed by atoms with Gasteiger partial charge in [-0.3, -0.25) is 4.79 Å². The van der Waals surface area contributed by atoms with E-state index in [9.17, 15) is 14.4 Å². The van der Waals surface area contributed by atoms with Gasteiger partial charge >= 0.3 is 12.2 Å². The number of anilines is 1. The van der Waals surface area contributed by atoms with Crippen LogP contribution in [0.2, 0.25) is 0 Å². The highest BCUT2D eigenvalue weighted by molar-refractivity contribution is 5.95. The summed E-state index contributed by atoms with van der Waals surface area (Å²) in [4.78, 5) is 42.8. The van der Waals surface area contributed by atoms with E-state index in [0.717, 1.165) is 0 Å². The van der Waals surface area contributed by atoms with Crippen molar-refractivity contribution in [3.63, 3.8) is 0 Å². The molecule has 5 rings (SSSR count). The molecule has 9 nitrogen and oxygen atoms in total. The van der Waals surface area contributed by atoms with E-state index in [2.05, 4.69) is 0 Å². The van der Waals surface area contributed by atoms with Crippen LogP contribution in [0.25, 0.3) is 0 Å². The fourth-order valence-corrected chi connectivity index (χ4v) is 5.56. The molecule has 216 valence electrons. The molecular weight excluding hydrogens is 534 g/mol. The van der Waals surface area contributed by atoms with Gasteiger partial charge in [0.1, 0.15) is 5.76 Å². The van der Waals surface area contributed by atoms with E-state index in [-0.39, 0.29) is 24.8 Å². The molecule has 4 aromatic rings. The molecule has 2 amide bonds. The second-order valence-corrected chi connectivity index (χ2v) is 9.72. The molecule has 1 aromatic heterocycles. The zero-order chi connectivity index (χ0) is 29.9. The summed E-state index contributed by atoms with van der Waals surface area (Å²) in [7, 11) is 0. The van der Waals surface area contributed by atoms with E-state index in [1.807, 2.05) is 95.9 Å². The lowest BCUT2D eigenvalue weighted by Gasteiger charge is -2.42. The number of amides is 2. The molecule has 0 unspecified atom stereocenters. The van der Waals surface area contributed by atoms with Crippen molar-refractivity contribution in [3.05, 3.63) is 125 Å². The van der Waals surface area contributed by atoms with Crippen LogP contribution in [0.15, 0.2) is 101 Å². The maximum absolute atomic E-state index is 14.2. The first-order valence-corrected chi connectivity index (χ1v) is 13.9. The van der Waals surface area contributed by atoms with Gasteiger partial charge in [0.05, 0.1) is 18.8 Å². The minimum absolute atomic E-state index is 0.0497. The van der Waals surface area contributed by atoms with Gasteiger partial charge in [-0.2, -0.15) is 10.0 Å². The molecule has 2 heterocycles. The predicted octanol–water partition coefficient (Wildman–Crippen LogP) is 7.04. The number of benzene rings is 3. The van der Waals surface area contributed by atoms with Gasteiger partial charge in [0, 0.05) is 11.3 Å². The van der Waals surface area contributed by atoms with Crippen molar-refractivity contribution >= 4 is 23.7 Å². The topological polar surface area (TPSA) is 92.5 Å². The minimum atomic E-state index is -1.64. The summed E-state index contributed by atoms with van der Waals surface area (Å²) in [6, 6.07) is 29.7. The van der Waals surface area contributed by atoms with Gasteiger partial charge in [-0.25, -0.2) is 9.59 Å². The van der Waals surface area contributed by atoms with E-state index >= 15 is 0 Å². The summed E-state index contributed by atoms with van der Waals surface area (Å²) in [5, 5.41) is 2.54. The Kier molecular flexibility index (Phi) is 8.01. The second kappa shape index (κ2) is 11.8. The number of para-hydroxylation sites is 1. The summed E-state index contributed by atoms with van der Waals surface area (Å²) in [5.74, 6) is 0.441. The van der Waals surface area contributed by atoms with Gasteiger partial charge in [0.15, 0.2) is 17.7 Å². The standard InChI is InChI=1S/C33H33N3O6/c1-5-40-31(38)35-30(25-16-10-7-11-17-25)34(27-20-14-9-15-21-27)33(26-18-12-8-13-19-26,36(35)32(39)41-6-2)29-22-28(23(3)37)24(4)42-29/h7-22,30H,5-6H2,1-4H3/t30-,33+/m0/s1. The Morgan fingerprint density at radius 1 is 0.810 bits per heavy atom. The van der Waals surface area contributed by atoms with Crippen molar-refractivity contribution in [1.82, 2.24) is 10.0 Å². The first-order valence-electron chi connectivity index (χ1n) is 13.9. The number of rotatable bonds is 7. The van der Waals surface area contributed by atoms with Gasteiger partial charge < -0.3 is 18.8 Å². The lowest BCUT2D eigenvalue weighted by Crippen LogP contribution is -2.57. The van der Waals surface area contributed by atoms with Crippen LogP contribution in [0.5, 0.6) is 0 Å². The number of ketones is 1. The third-order valence-corrected chi connectivity index (χ3v) is 7.19. The van der Waals surface area contributed by atoms with Crippen LogP contribution in [0.1, 0.15) is 59.9 Å². The maximum atomic E-state index is 14.2. The molecule has 0 aliphatic carbocycles. The summed E-state index contributed by atoms with van der Waals surface area (Å²) in [6.07, 6.45) is -2.45. The molecule has 1 fully saturated rings. The molecule has 1 aliphatic heterocycles.